The third-order valence-electron chi connectivity index (χ3n) is 17.3. The summed E-state index contributed by atoms with van der Waals surface area (Å²) in [6, 6.07) is 97.6. The fourth-order valence-corrected chi connectivity index (χ4v) is 14.6. The quantitative estimate of drug-likeness (QED) is 0.175. The van der Waals surface area contributed by atoms with Crippen LogP contribution in [-0.4, -0.2) is 0 Å². The van der Waals surface area contributed by atoms with E-state index in [4.69, 9.17) is 4.42 Å². The Hall–Kier alpha value is -9.50. The average molecular weight is 938 g/mol. The number of benzene rings is 12. The molecule has 0 atom stereocenters. The number of hydrogen-bond donors (Lipinski definition) is 0. The van der Waals surface area contributed by atoms with E-state index in [1.54, 1.807) is 0 Å². The molecule has 342 valence electrons. The van der Waals surface area contributed by atoms with Gasteiger partial charge in [0.25, 0.3) is 0 Å². The highest BCUT2D eigenvalue weighted by Gasteiger charge is 2.54. The second kappa shape index (κ2) is 14.6. The zero-order chi connectivity index (χ0) is 48.3. The zero-order valence-corrected chi connectivity index (χ0v) is 40.2. The van der Waals surface area contributed by atoms with Crippen LogP contribution >= 0.6 is 0 Å². The van der Waals surface area contributed by atoms with Crippen LogP contribution in [0.15, 0.2) is 265 Å². The Morgan fingerprint density at radius 1 is 0.284 bits per heavy atom. The maximum Gasteiger partial charge on any atom is 0.159 e. The number of nitrogens with zero attached hydrogens (tertiary/aromatic N) is 1. The van der Waals surface area contributed by atoms with E-state index in [0.717, 1.165) is 50.1 Å². The van der Waals surface area contributed by atoms with Crippen molar-refractivity contribution in [3.8, 4) is 55.6 Å². The van der Waals surface area contributed by atoms with E-state index in [1.807, 2.05) is 0 Å². The Kier molecular flexibility index (Phi) is 7.90. The summed E-state index contributed by atoms with van der Waals surface area (Å²) in [7, 11) is 0. The van der Waals surface area contributed by atoms with E-state index >= 15 is 0 Å². The predicted octanol–water partition coefficient (Wildman–Crippen LogP) is 18.6. The molecule has 0 fully saturated rings. The number of furan rings is 1. The molecular formula is C72H43NO. The standard InChI is InChI=1S/C72H43NO/c1-2-20-44(21-3-1)56-42-45-22-4-5-23-47(45)67-55-30-18-39-66(69(55)74-70(56)67)73(46-40-41-53-52-28-10-16-35-61(52)72(64(53)43-46)59-33-14-8-26-50(59)51-27-9-15-34-60(51)72)65-38-19-37-63-68(65)54-29-11-17-36-62(54)71(63)57-31-12-6-24-48(57)49-25-7-13-32-58(49)71/h1-43H. The molecule has 4 aliphatic rings. The molecule has 0 aliphatic heterocycles. The Morgan fingerprint density at radius 3 is 1.34 bits per heavy atom. The largest absolute Gasteiger partial charge is 0.453 e. The highest BCUT2D eigenvalue weighted by atomic mass is 16.3. The molecule has 2 spiro atoms. The van der Waals surface area contributed by atoms with Crippen molar-refractivity contribution in [2.24, 2.45) is 0 Å². The van der Waals surface area contributed by atoms with Gasteiger partial charge >= 0.3 is 0 Å². The van der Waals surface area contributed by atoms with Crippen LogP contribution in [0.2, 0.25) is 0 Å². The first kappa shape index (κ1) is 40.1. The van der Waals surface area contributed by atoms with Gasteiger partial charge in [0.1, 0.15) is 5.58 Å². The maximum absolute atomic E-state index is 7.56. The molecular weight excluding hydrogens is 895 g/mol. The maximum atomic E-state index is 7.56. The number of para-hydroxylation sites is 1. The van der Waals surface area contributed by atoms with Crippen molar-refractivity contribution in [3.63, 3.8) is 0 Å². The number of anilines is 3. The van der Waals surface area contributed by atoms with E-state index in [0.29, 0.717) is 0 Å². The van der Waals surface area contributed by atoms with Crippen molar-refractivity contribution in [3.05, 3.63) is 305 Å². The molecule has 0 amide bonds. The Bertz CT molecular complexity index is 4460. The van der Waals surface area contributed by atoms with Crippen molar-refractivity contribution in [2.75, 3.05) is 4.90 Å². The molecule has 17 rings (SSSR count). The molecule has 1 aromatic heterocycles. The smallest absolute Gasteiger partial charge is 0.159 e. The highest BCUT2D eigenvalue weighted by Crippen LogP contribution is 2.67. The monoisotopic (exact) mass is 937 g/mol. The van der Waals surface area contributed by atoms with Crippen molar-refractivity contribution in [1.82, 2.24) is 0 Å². The highest BCUT2D eigenvalue weighted by molar-refractivity contribution is 6.24. The minimum absolute atomic E-state index is 0.517. The normalized spacial score (nSPS) is 14.2. The lowest BCUT2D eigenvalue weighted by Gasteiger charge is -2.33. The summed E-state index contributed by atoms with van der Waals surface area (Å²) in [5.74, 6) is 0. The zero-order valence-electron chi connectivity index (χ0n) is 40.2. The van der Waals surface area contributed by atoms with Crippen LogP contribution < -0.4 is 4.90 Å². The minimum Gasteiger partial charge on any atom is -0.453 e. The van der Waals surface area contributed by atoms with E-state index < -0.39 is 10.8 Å². The molecule has 2 nitrogen and oxygen atoms in total. The first-order valence-corrected chi connectivity index (χ1v) is 25.8. The summed E-state index contributed by atoms with van der Waals surface area (Å²) >= 11 is 0. The van der Waals surface area contributed by atoms with Crippen LogP contribution in [0.1, 0.15) is 44.5 Å². The summed E-state index contributed by atoms with van der Waals surface area (Å²) in [5.41, 5.74) is 26.8. The lowest BCUT2D eigenvalue weighted by atomic mass is 9.70. The number of fused-ring (bicyclic) bond motifs is 25. The molecule has 1 heterocycles. The molecule has 12 aromatic carbocycles. The summed E-state index contributed by atoms with van der Waals surface area (Å²) in [5, 5.41) is 4.58. The van der Waals surface area contributed by atoms with Crippen molar-refractivity contribution in [1.29, 1.82) is 0 Å². The molecule has 74 heavy (non-hydrogen) atoms. The van der Waals surface area contributed by atoms with Gasteiger partial charge in [0.2, 0.25) is 0 Å². The van der Waals surface area contributed by atoms with Gasteiger partial charge in [0, 0.05) is 27.6 Å². The van der Waals surface area contributed by atoms with E-state index in [2.05, 4.69) is 266 Å². The van der Waals surface area contributed by atoms with Crippen LogP contribution in [0.5, 0.6) is 0 Å². The molecule has 4 aliphatic carbocycles. The van der Waals surface area contributed by atoms with E-state index in [9.17, 15) is 0 Å². The molecule has 0 saturated heterocycles. The third-order valence-corrected chi connectivity index (χ3v) is 17.3. The summed E-state index contributed by atoms with van der Waals surface area (Å²) in [6.07, 6.45) is 0. The SMILES string of the molecule is c1ccc(-c2cc3ccccc3c3c2oc2c(N(c4ccc5c(c4)C4(c6ccccc6-c6ccccc64)c4ccccc4-5)c4cccc5c4-c4ccccc4C54c5ccccc5-c5ccccc54)cccc23)cc1. The van der Waals surface area contributed by atoms with Crippen molar-refractivity contribution < 1.29 is 4.42 Å². The fraction of sp³-hybridized carbons (Fsp3) is 0.0278. The van der Waals surface area contributed by atoms with Gasteiger partial charge in [-0.2, -0.15) is 0 Å². The fourth-order valence-electron chi connectivity index (χ4n) is 14.6. The molecule has 2 heteroatoms. The van der Waals surface area contributed by atoms with Crippen LogP contribution in [0.25, 0.3) is 88.3 Å². The Morgan fingerprint density at radius 2 is 0.730 bits per heavy atom. The van der Waals surface area contributed by atoms with Gasteiger partial charge in [-0.15, -0.1) is 0 Å². The second-order valence-electron chi connectivity index (χ2n) is 20.5. The summed E-state index contributed by atoms with van der Waals surface area (Å²) in [4.78, 5) is 2.54. The van der Waals surface area contributed by atoms with E-state index in [1.165, 1.54) is 99.8 Å². The first-order valence-electron chi connectivity index (χ1n) is 25.8. The van der Waals surface area contributed by atoms with E-state index in [-0.39, 0.29) is 0 Å². The van der Waals surface area contributed by atoms with Gasteiger partial charge in [-0.25, -0.2) is 0 Å². The van der Waals surface area contributed by atoms with Gasteiger partial charge < -0.3 is 9.32 Å². The molecule has 0 bridgehead atoms. The van der Waals surface area contributed by atoms with Crippen LogP contribution in [0, 0.1) is 0 Å². The lowest BCUT2D eigenvalue weighted by Crippen LogP contribution is -2.26. The Balaban J connectivity index is 1.01. The van der Waals surface area contributed by atoms with Gasteiger partial charge in [-0.3, -0.25) is 0 Å². The summed E-state index contributed by atoms with van der Waals surface area (Å²) < 4.78 is 7.56. The molecule has 13 aromatic rings. The van der Waals surface area contributed by atoms with Gasteiger partial charge in [-0.05, 0) is 130 Å². The van der Waals surface area contributed by atoms with Gasteiger partial charge in [-0.1, -0.05) is 231 Å². The first-order chi connectivity index (χ1) is 36.7. The van der Waals surface area contributed by atoms with Crippen LogP contribution in [-0.2, 0) is 10.8 Å². The van der Waals surface area contributed by atoms with Crippen LogP contribution in [0.3, 0.4) is 0 Å². The number of rotatable bonds is 4. The lowest BCUT2D eigenvalue weighted by molar-refractivity contribution is 0.670. The van der Waals surface area contributed by atoms with Gasteiger partial charge in [0.15, 0.2) is 5.58 Å². The van der Waals surface area contributed by atoms with Crippen LogP contribution in [0.4, 0.5) is 17.1 Å². The molecule has 0 radical (unpaired) electrons. The molecule has 0 N–H and O–H groups in total. The van der Waals surface area contributed by atoms with Crippen molar-refractivity contribution >= 4 is 49.8 Å². The second-order valence-corrected chi connectivity index (χ2v) is 20.5. The predicted molar refractivity (Wildman–Crippen MR) is 304 cm³/mol. The average Bonchev–Trinajstić information content (AvgIpc) is 4.26. The summed E-state index contributed by atoms with van der Waals surface area (Å²) in [6.45, 7) is 0. The number of hydrogen-bond acceptors (Lipinski definition) is 2. The van der Waals surface area contributed by atoms with Gasteiger partial charge in [0.05, 0.1) is 22.2 Å². The topological polar surface area (TPSA) is 16.4 Å². The Labute approximate surface area is 428 Å². The minimum atomic E-state index is -0.526. The molecule has 0 unspecified atom stereocenters. The van der Waals surface area contributed by atoms with Crippen molar-refractivity contribution in [2.45, 2.75) is 10.8 Å². The molecule has 0 saturated carbocycles. The third kappa shape index (κ3) is 4.86.